The van der Waals surface area contributed by atoms with E-state index >= 15 is 0 Å². The summed E-state index contributed by atoms with van der Waals surface area (Å²) in [5.41, 5.74) is 3.70. The Morgan fingerprint density at radius 2 is 2.03 bits per heavy atom. The summed E-state index contributed by atoms with van der Waals surface area (Å²) in [6, 6.07) is 8.59. The van der Waals surface area contributed by atoms with Crippen LogP contribution in [0, 0.1) is 6.92 Å². The molecule has 11 heteroatoms. The van der Waals surface area contributed by atoms with Crippen molar-refractivity contribution in [2.45, 2.75) is 19.5 Å². The molecule has 4 rings (SSSR count). The monoisotopic (exact) mass is 458 g/mol. The van der Waals surface area contributed by atoms with Crippen LogP contribution in [0.3, 0.4) is 0 Å². The Morgan fingerprint density at radius 3 is 2.76 bits per heavy atom. The summed E-state index contributed by atoms with van der Waals surface area (Å²) in [5.74, 6) is 0.384. The van der Waals surface area contributed by atoms with Gasteiger partial charge in [0.2, 0.25) is 0 Å². The number of methoxy groups -OCH3 is 1. The lowest BCUT2D eigenvalue weighted by molar-refractivity contribution is -0.123. The van der Waals surface area contributed by atoms with Crippen LogP contribution in [-0.4, -0.2) is 50.7 Å². The van der Waals surface area contributed by atoms with Crippen LogP contribution in [0.15, 0.2) is 36.5 Å². The van der Waals surface area contributed by atoms with Crippen LogP contribution < -0.4 is 10.1 Å². The maximum absolute atomic E-state index is 12.4. The fourth-order valence-corrected chi connectivity index (χ4v) is 3.49. The minimum atomic E-state index is -4.50. The number of aromatic nitrogens is 5. The third-order valence-electron chi connectivity index (χ3n) is 5.25. The molecule has 0 atom stereocenters. The van der Waals surface area contributed by atoms with Gasteiger partial charge in [0.1, 0.15) is 18.1 Å². The van der Waals surface area contributed by atoms with Gasteiger partial charge in [0.25, 0.3) is 5.91 Å². The first-order valence-corrected chi connectivity index (χ1v) is 10.0. The molecular weight excluding hydrogens is 437 g/mol. The molecule has 0 spiro atoms. The minimum absolute atomic E-state index is 0.00862. The molecule has 2 N–H and O–H groups in total. The Labute approximate surface area is 186 Å². The van der Waals surface area contributed by atoms with Crippen molar-refractivity contribution in [2.24, 2.45) is 7.05 Å². The normalized spacial score (nSPS) is 11.7. The zero-order valence-corrected chi connectivity index (χ0v) is 18.1. The highest BCUT2D eigenvalue weighted by molar-refractivity contribution is 5.97. The number of nitrogens with one attached hydrogen (secondary N) is 2. The first-order chi connectivity index (χ1) is 15.6. The number of halogens is 3. The number of fused-ring (bicyclic) bond motifs is 1. The molecule has 172 valence electrons. The number of alkyl halides is 3. The number of carbonyl (C=O) groups excluding carboxylic acids is 1. The van der Waals surface area contributed by atoms with Crippen LogP contribution in [-0.2, 0) is 13.5 Å². The number of benzene rings is 2. The van der Waals surface area contributed by atoms with Gasteiger partial charge in [-0.05, 0) is 42.3 Å². The van der Waals surface area contributed by atoms with Gasteiger partial charge in [-0.15, -0.1) is 0 Å². The smallest absolute Gasteiger partial charge is 0.405 e. The van der Waals surface area contributed by atoms with Gasteiger partial charge in [0, 0.05) is 24.4 Å². The van der Waals surface area contributed by atoms with Gasteiger partial charge in [-0.3, -0.25) is 14.6 Å². The molecule has 0 unspecified atom stereocenters. The van der Waals surface area contributed by atoms with Crippen molar-refractivity contribution in [2.75, 3.05) is 13.7 Å². The van der Waals surface area contributed by atoms with Crippen molar-refractivity contribution in [1.29, 1.82) is 0 Å². The standard InChI is InChI=1S/C22H21F3N6O2/c1-12-6-17-15(10-27-29-17)7-14(12)9-19-28-20(30-31(19)2)13-4-5-16(18(8-13)33-3)21(32)26-11-22(23,24)25/h4-8,10H,9,11H2,1-3H3,(H,26,32)(H,27,29). The van der Waals surface area contributed by atoms with Crippen molar-refractivity contribution < 1.29 is 22.7 Å². The van der Waals surface area contributed by atoms with Crippen LogP contribution in [0.2, 0.25) is 0 Å². The van der Waals surface area contributed by atoms with E-state index in [0.717, 1.165) is 27.9 Å². The largest absolute Gasteiger partial charge is 0.496 e. The summed E-state index contributed by atoms with van der Waals surface area (Å²) >= 11 is 0. The second-order valence-electron chi connectivity index (χ2n) is 7.60. The molecule has 0 bridgehead atoms. The summed E-state index contributed by atoms with van der Waals surface area (Å²) in [6.07, 6.45) is -2.19. The molecule has 0 saturated heterocycles. The number of carbonyl (C=O) groups is 1. The molecule has 0 aliphatic carbocycles. The molecule has 0 radical (unpaired) electrons. The number of aromatic amines is 1. The minimum Gasteiger partial charge on any atom is -0.496 e. The summed E-state index contributed by atoms with van der Waals surface area (Å²) in [6.45, 7) is 0.590. The lowest BCUT2D eigenvalue weighted by Gasteiger charge is -2.11. The predicted octanol–water partition coefficient (Wildman–Crippen LogP) is 3.56. The fraction of sp³-hybridized carbons (Fsp3) is 0.273. The van der Waals surface area contributed by atoms with Crippen LogP contribution in [0.25, 0.3) is 22.3 Å². The topological polar surface area (TPSA) is 97.7 Å². The lowest BCUT2D eigenvalue weighted by atomic mass is 10.0. The molecule has 0 fully saturated rings. The predicted molar refractivity (Wildman–Crippen MR) is 115 cm³/mol. The maximum Gasteiger partial charge on any atom is 0.405 e. The number of hydrogen-bond acceptors (Lipinski definition) is 5. The third-order valence-corrected chi connectivity index (χ3v) is 5.25. The molecule has 2 heterocycles. The van der Waals surface area contributed by atoms with Crippen molar-refractivity contribution >= 4 is 16.8 Å². The van der Waals surface area contributed by atoms with E-state index < -0.39 is 18.6 Å². The Balaban J connectivity index is 1.59. The Morgan fingerprint density at radius 1 is 1.24 bits per heavy atom. The molecule has 2 aromatic carbocycles. The van der Waals surface area contributed by atoms with E-state index in [-0.39, 0.29) is 11.3 Å². The summed E-state index contributed by atoms with van der Waals surface area (Å²) < 4.78 is 44.1. The number of amides is 1. The van der Waals surface area contributed by atoms with Gasteiger partial charge in [-0.25, -0.2) is 4.98 Å². The Kier molecular flexibility index (Phi) is 5.79. The highest BCUT2D eigenvalue weighted by atomic mass is 19.4. The number of aryl methyl sites for hydroxylation is 2. The van der Waals surface area contributed by atoms with Gasteiger partial charge in [0.15, 0.2) is 5.82 Å². The molecule has 8 nitrogen and oxygen atoms in total. The van der Waals surface area contributed by atoms with Crippen molar-refractivity contribution in [3.05, 3.63) is 59.0 Å². The van der Waals surface area contributed by atoms with E-state index in [1.807, 2.05) is 18.3 Å². The van der Waals surface area contributed by atoms with Crippen LogP contribution in [0.1, 0.15) is 27.3 Å². The van der Waals surface area contributed by atoms with E-state index in [0.29, 0.717) is 17.8 Å². The van der Waals surface area contributed by atoms with E-state index in [1.54, 1.807) is 24.0 Å². The number of rotatable bonds is 6. The number of ether oxygens (including phenoxy) is 1. The second kappa shape index (κ2) is 8.57. The van der Waals surface area contributed by atoms with Gasteiger partial charge in [-0.1, -0.05) is 6.07 Å². The van der Waals surface area contributed by atoms with Gasteiger partial charge < -0.3 is 10.1 Å². The molecule has 0 aliphatic heterocycles. The highest BCUT2D eigenvalue weighted by Crippen LogP contribution is 2.27. The van der Waals surface area contributed by atoms with Gasteiger partial charge in [0.05, 0.1) is 24.4 Å². The van der Waals surface area contributed by atoms with Gasteiger partial charge in [-0.2, -0.15) is 23.4 Å². The van der Waals surface area contributed by atoms with Crippen LogP contribution in [0.5, 0.6) is 5.75 Å². The van der Waals surface area contributed by atoms with Crippen LogP contribution >= 0.6 is 0 Å². The van der Waals surface area contributed by atoms with E-state index in [9.17, 15) is 18.0 Å². The third kappa shape index (κ3) is 4.81. The summed E-state index contributed by atoms with van der Waals surface area (Å²) in [7, 11) is 3.12. The molecule has 2 aromatic heterocycles. The van der Waals surface area contributed by atoms with Crippen molar-refractivity contribution in [3.63, 3.8) is 0 Å². The quantitative estimate of drug-likeness (QED) is 0.461. The number of hydrogen-bond donors (Lipinski definition) is 2. The summed E-state index contributed by atoms with van der Waals surface area (Å²) in [5, 5.41) is 14.3. The number of H-pyrrole nitrogens is 1. The Bertz CT molecular complexity index is 1330. The fourth-order valence-electron chi connectivity index (χ4n) is 3.49. The molecule has 0 saturated carbocycles. The zero-order valence-electron chi connectivity index (χ0n) is 18.1. The SMILES string of the molecule is COc1cc(-c2nc(Cc3cc4cn[nH]c4cc3C)n(C)n2)ccc1C(=O)NCC(F)(F)F. The molecule has 1 amide bonds. The van der Waals surface area contributed by atoms with Crippen LogP contribution in [0.4, 0.5) is 13.2 Å². The first-order valence-electron chi connectivity index (χ1n) is 10.0. The average Bonchev–Trinajstić information content (AvgIpc) is 3.37. The zero-order chi connectivity index (χ0) is 23.8. The molecular formula is C22H21F3N6O2. The molecule has 4 aromatic rings. The highest BCUT2D eigenvalue weighted by Gasteiger charge is 2.28. The maximum atomic E-state index is 12.4. The number of nitrogens with zero attached hydrogens (tertiary/aromatic N) is 4. The van der Waals surface area contributed by atoms with Crippen molar-refractivity contribution in [3.8, 4) is 17.1 Å². The van der Waals surface area contributed by atoms with E-state index in [1.165, 1.54) is 19.2 Å². The average molecular weight is 458 g/mol. The van der Waals surface area contributed by atoms with Gasteiger partial charge >= 0.3 is 6.18 Å². The first kappa shape index (κ1) is 22.3. The van der Waals surface area contributed by atoms with E-state index in [4.69, 9.17) is 4.74 Å². The molecule has 0 aliphatic rings. The van der Waals surface area contributed by atoms with E-state index in [2.05, 4.69) is 26.3 Å². The second-order valence-corrected chi connectivity index (χ2v) is 7.60. The summed E-state index contributed by atoms with van der Waals surface area (Å²) in [4.78, 5) is 16.8. The lowest BCUT2D eigenvalue weighted by Crippen LogP contribution is -2.33. The molecule has 33 heavy (non-hydrogen) atoms. The van der Waals surface area contributed by atoms with Crippen molar-refractivity contribution in [1.82, 2.24) is 30.3 Å². The Hall–Kier alpha value is -3.89.